The second kappa shape index (κ2) is 4.69. The molecule has 1 aliphatic rings. The van der Waals surface area contributed by atoms with Crippen molar-refractivity contribution in [1.82, 2.24) is 19.7 Å². The molecule has 2 rings (SSSR count). The molecule has 0 bridgehead atoms. The average molecular weight is 211 g/mol. The van der Waals surface area contributed by atoms with Gasteiger partial charge in [0, 0.05) is 26.7 Å². The first-order chi connectivity index (χ1) is 7.29. The fourth-order valence-corrected chi connectivity index (χ4v) is 1.73. The van der Waals surface area contributed by atoms with Crippen LogP contribution in [0.4, 0.5) is 0 Å². The van der Waals surface area contributed by atoms with Gasteiger partial charge < -0.3 is 10.5 Å². The van der Waals surface area contributed by atoms with Gasteiger partial charge in [0.1, 0.15) is 12.2 Å². The Morgan fingerprint density at radius 3 is 3.20 bits per heavy atom. The minimum atomic E-state index is 0.159. The van der Waals surface area contributed by atoms with Gasteiger partial charge >= 0.3 is 0 Å². The summed E-state index contributed by atoms with van der Waals surface area (Å²) >= 11 is 0. The van der Waals surface area contributed by atoms with E-state index in [1.54, 1.807) is 11.0 Å². The fourth-order valence-electron chi connectivity index (χ4n) is 1.73. The quantitative estimate of drug-likeness (QED) is 0.692. The smallest absolute Gasteiger partial charge is 0.140 e. The van der Waals surface area contributed by atoms with Crippen molar-refractivity contribution >= 4 is 0 Å². The molecule has 2 N–H and O–H groups in total. The number of aromatic nitrogens is 3. The number of nitrogens with two attached hydrogens (primary N) is 1. The third-order valence-electron chi connectivity index (χ3n) is 2.66. The zero-order valence-corrected chi connectivity index (χ0v) is 8.96. The minimum Gasteiger partial charge on any atom is -0.374 e. The molecular weight excluding hydrogens is 194 g/mol. The van der Waals surface area contributed by atoms with Crippen molar-refractivity contribution in [3.8, 4) is 0 Å². The van der Waals surface area contributed by atoms with E-state index < -0.39 is 0 Å². The molecular formula is C9H17N5O. The van der Waals surface area contributed by atoms with Gasteiger partial charge in [-0.25, -0.2) is 4.98 Å². The van der Waals surface area contributed by atoms with E-state index in [4.69, 9.17) is 10.5 Å². The standard InChI is InChI=1S/C9H17N5O/c1-13-9(11-7-12-13)6-14-2-3-15-8(4-10)5-14/h7-8H,2-6,10H2,1H3. The van der Waals surface area contributed by atoms with Crippen LogP contribution in [0.2, 0.25) is 0 Å². The van der Waals surface area contributed by atoms with Crippen molar-refractivity contribution in [2.45, 2.75) is 12.6 Å². The number of aryl methyl sites for hydroxylation is 1. The maximum Gasteiger partial charge on any atom is 0.140 e. The topological polar surface area (TPSA) is 69.2 Å². The molecule has 1 aromatic heterocycles. The van der Waals surface area contributed by atoms with E-state index in [2.05, 4.69) is 15.0 Å². The Bertz CT molecular complexity index is 313. The third-order valence-corrected chi connectivity index (χ3v) is 2.66. The van der Waals surface area contributed by atoms with Crippen LogP contribution in [0.5, 0.6) is 0 Å². The van der Waals surface area contributed by atoms with Gasteiger partial charge in [-0.15, -0.1) is 0 Å². The van der Waals surface area contributed by atoms with Crippen LogP contribution in [0.3, 0.4) is 0 Å². The Morgan fingerprint density at radius 2 is 2.53 bits per heavy atom. The van der Waals surface area contributed by atoms with E-state index in [0.29, 0.717) is 6.54 Å². The number of nitrogens with zero attached hydrogens (tertiary/aromatic N) is 4. The summed E-state index contributed by atoms with van der Waals surface area (Å²) in [6, 6.07) is 0. The molecule has 6 heteroatoms. The summed E-state index contributed by atoms with van der Waals surface area (Å²) in [6.07, 6.45) is 1.74. The van der Waals surface area contributed by atoms with E-state index in [0.717, 1.165) is 32.1 Å². The van der Waals surface area contributed by atoms with Crippen LogP contribution in [-0.2, 0) is 18.3 Å². The predicted octanol–water partition coefficient (Wildman–Crippen LogP) is -1.03. The molecule has 1 saturated heterocycles. The Balaban J connectivity index is 1.92. The number of ether oxygens (including phenoxy) is 1. The summed E-state index contributed by atoms with van der Waals surface area (Å²) in [5.41, 5.74) is 5.58. The van der Waals surface area contributed by atoms with Crippen LogP contribution in [0.1, 0.15) is 5.82 Å². The van der Waals surface area contributed by atoms with Crippen molar-refractivity contribution in [2.75, 3.05) is 26.2 Å². The summed E-state index contributed by atoms with van der Waals surface area (Å²) in [4.78, 5) is 6.50. The molecule has 1 atom stereocenters. The molecule has 0 amide bonds. The highest BCUT2D eigenvalue weighted by Gasteiger charge is 2.20. The van der Waals surface area contributed by atoms with Crippen LogP contribution in [-0.4, -0.2) is 52.0 Å². The molecule has 84 valence electrons. The van der Waals surface area contributed by atoms with Crippen LogP contribution in [0.25, 0.3) is 0 Å². The van der Waals surface area contributed by atoms with Crippen molar-refractivity contribution in [2.24, 2.45) is 12.8 Å². The zero-order chi connectivity index (χ0) is 10.7. The van der Waals surface area contributed by atoms with Crippen molar-refractivity contribution in [3.05, 3.63) is 12.2 Å². The lowest BCUT2D eigenvalue weighted by atomic mass is 10.2. The lowest BCUT2D eigenvalue weighted by molar-refractivity contribution is -0.0271. The molecule has 0 radical (unpaired) electrons. The van der Waals surface area contributed by atoms with Gasteiger partial charge in [0.15, 0.2) is 0 Å². The van der Waals surface area contributed by atoms with Crippen LogP contribution in [0, 0.1) is 0 Å². The maximum absolute atomic E-state index is 5.58. The molecule has 0 saturated carbocycles. The van der Waals surface area contributed by atoms with E-state index in [9.17, 15) is 0 Å². The molecule has 1 aromatic rings. The second-order valence-corrected chi connectivity index (χ2v) is 3.76. The van der Waals surface area contributed by atoms with E-state index in [-0.39, 0.29) is 6.10 Å². The molecule has 1 fully saturated rings. The molecule has 0 aliphatic carbocycles. The summed E-state index contributed by atoms with van der Waals surface area (Å²) < 4.78 is 7.30. The molecule has 6 nitrogen and oxygen atoms in total. The Morgan fingerprint density at radius 1 is 1.67 bits per heavy atom. The highest BCUT2D eigenvalue weighted by Crippen LogP contribution is 2.07. The van der Waals surface area contributed by atoms with Crippen molar-refractivity contribution in [3.63, 3.8) is 0 Å². The molecule has 2 heterocycles. The molecule has 1 aliphatic heterocycles. The first-order valence-electron chi connectivity index (χ1n) is 5.16. The zero-order valence-electron chi connectivity index (χ0n) is 8.96. The second-order valence-electron chi connectivity index (χ2n) is 3.76. The largest absolute Gasteiger partial charge is 0.374 e. The first kappa shape index (κ1) is 10.5. The van der Waals surface area contributed by atoms with E-state index in [1.807, 2.05) is 7.05 Å². The Hall–Kier alpha value is -0.980. The summed E-state index contributed by atoms with van der Waals surface area (Å²) in [7, 11) is 1.91. The highest BCUT2D eigenvalue weighted by molar-refractivity contribution is 4.85. The summed E-state index contributed by atoms with van der Waals surface area (Å²) in [5.74, 6) is 0.979. The predicted molar refractivity (Wildman–Crippen MR) is 55.1 cm³/mol. The number of morpholine rings is 1. The third kappa shape index (κ3) is 2.53. The first-order valence-corrected chi connectivity index (χ1v) is 5.16. The lowest BCUT2D eigenvalue weighted by Crippen LogP contribution is -2.45. The molecule has 1 unspecified atom stereocenters. The minimum absolute atomic E-state index is 0.159. The number of hydrogen-bond donors (Lipinski definition) is 1. The molecule has 0 aromatic carbocycles. The fraction of sp³-hybridized carbons (Fsp3) is 0.778. The SMILES string of the molecule is Cn1ncnc1CN1CCOC(CN)C1. The monoisotopic (exact) mass is 211 g/mol. The Labute approximate surface area is 89.0 Å². The highest BCUT2D eigenvalue weighted by atomic mass is 16.5. The van der Waals surface area contributed by atoms with Gasteiger partial charge in [0.25, 0.3) is 0 Å². The van der Waals surface area contributed by atoms with E-state index in [1.165, 1.54) is 0 Å². The normalized spacial score (nSPS) is 23.2. The lowest BCUT2D eigenvalue weighted by Gasteiger charge is -2.31. The van der Waals surface area contributed by atoms with Gasteiger partial charge in [-0.3, -0.25) is 9.58 Å². The van der Waals surface area contributed by atoms with Crippen LogP contribution in [0.15, 0.2) is 6.33 Å². The van der Waals surface area contributed by atoms with E-state index >= 15 is 0 Å². The summed E-state index contributed by atoms with van der Waals surface area (Å²) in [5, 5.41) is 4.04. The number of rotatable bonds is 3. The number of hydrogen-bond acceptors (Lipinski definition) is 5. The Kier molecular flexibility index (Phi) is 3.30. The van der Waals surface area contributed by atoms with Crippen LogP contribution < -0.4 is 5.73 Å². The molecule has 15 heavy (non-hydrogen) atoms. The van der Waals surface area contributed by atoms with Gasteiger partial charge in [0.05, 0.1) is 19.3 Å². The van der Waals surface area contributed by atoms with Gasteiger partial charge in [-0.05, 0) is 0 Å². The van der Waals surface area contributed by atoms with Gasteiger partial charge in [-0.2, -0.15) is 5.10 Å². The van der Waals surface area contributed by atoms with Crippen molar-refractivity contribution < 1.29 is 4.74 Å². The maximum atomic E-state index is 5.58. The average Bonchev–Trinajstić information content (AvgIpc) is 2.65. The van der Waals surface area contributed by atoms with Crippen molar-refractivity contribution in [1.29, 1.82) is 0 Å². The van der Waals surface area contributed by atoms with Gasteiger partial charge in [0.2, 0.25) is 0 Å². The van der Waals surface area contributed by atoms with Gasteiger partial charge in [-0.1, -0.05) is 0 Å². The summed E-state index contributed by atoms with van der Waals surface area (Å²) in [6.45, 7) is 3.96. The molecule has 0 spiro atoms. The van der Waals surface area contributed by atoms with Crippen LogP contribution >= 0.6 is 0 Å².